The topological polar surface area (TPSA) is 161 Å². The Labute approximate surface area is 235 Å². The Bertz CT molecular complexity index is 1300. The number of guanidine groups is 1. The molecule has 1 heterocycles. The molecule has 1 aliphatic heterocycles. The van der Waals surface area contributed by atoms with Crippen LogP contribution >= 0.6 is 27.5 Å². The zero-order valence-electron chi connectivity index (χ0n) is 20.5. The number of hydrogen-bond acceptors (Lipinski definition) is 9. The molecule has 0 saturated carbocycles. The molecular weight excluding hydrogens is 608 g/mol. The third-order valence-electron chi connectivity index (χ3n) is 5.28. The molecule has 2 aromatic rings. The molecule has 0 aliphatic carbocycles. The predicted octanol–water partition coefficient (Wildman–Crippen LogP) is 3.06. The van der Waals surface area contributed by atoms with Gasteiger partial charge in [-0.05, 0) is 47.1 Å². The lowest BCUT2D eigenvalue weighted by Gasteiger charge is -2.23. The fourth-order valence-corrected chi connectivity index (χ4v) is 4.37. The monoisotopic (exact) mass is 631 g/mol. The third-order valence-corrected chi connectivity index (χ3v) is 6.10. The van der Waals surface area contributed by atoms with E-state index >= 15 is 0 Å². The molecule has 0 radical (unpaired) electrons. The molecule has 0 fully saturated rings. The van der Waals surface area contributed by atoms with Crippen LogP contribution in [0.15, 0.2) is 39.8 Å². The Morgan fingerprint density at radius 1 is 1.23 bits per heavy atom. The molecule has 1 aliphatic rings. The predicted molar refractivity (Wildman–Crippen MR) is 142 cm³/mol. The summed E-state index contributed by atoms with van der Waals surface area (Å²) in [7, 11) is 0. The van der Waals surface area contributed by atoms with E-state index in [-0.39, 0.29) is 56.8 Å². The summed E-state index contributed by atoms with van der Waals surface area (Å²) in [6, 6.07) is 5.53. The highest BCUT2D eigenvalue weighted by atomic mass is 79.9. The molecule has 2 amide bonds. The first-order valence-corrected chi connectivity index (χ1v) is 12.7. The molecule has 0 unspecified atom stereocenters. The molecule has 0 spiro atoms. The second kappa shape index (κ2) is 12.9. The quantitative estimate of drug-likeness (QED) is 0.230. The van der Waals surface area contributed by atoms with Crippen molar-refractivity contribution in [3.05, 3.63) is 51.0 Å². The summed E-state index contributed by atoms with van der Waals surface area (Å²) in [6.07, 6.45) is -0.320. The highest BCUT2D eigenvalue weighted by molar-refractivity contribution is 9.10. The third kappa shape index (κ3) is 8.68. The molecule has 15 heteroatoms. The largest absolute Gasteiger partial charge is 0.508 e. The van der Waals surface area contributed by atoms with Crippen LogP contribution in [-0.4, -0.2) is 66.1 Å². The highest BCUT2D eigenvalue weighted by Gasteiger charge is 2.32. The fraction of sp³-hybridized carbons (Fsp3) is 0.333. The van der Waals surface area contributed by atoms with Gasteiger partial charge in [-0.15, -0.1) is 0 Å². The second-order valence-corrected chi connectivity index (χ2v) is 9.70. The molecule has 0 saturated heterocycles. The molecule has 11 nitrogen and oxygen atoms in total. The number of halogens is 4. The Morgan fingerprint density at radius 3 is 2.64 bits per heavy atom. The van der Waals surface area contributed by atoms with Crippen molar-refractivity contribution >= 4 is 57.0 Å². The number of benzene rings is 2. The van der Waals surface area contributed by atoms with Gasteiger partial charge in [-0.1, -0.05) is 11.6 Å². The van der Waals surface area contributed by atoms with Crippen LogP contribution in [-0.2, 0) is 14.3 Å². The molecule has 3 rings (SSSR count). The van der Waals surface area contributed by atoms with Crippen molar-refractivity contribution in [3.8, 4) is 11.5 Å². The van der Waals surface area contributed by atoms with Crippen LogP contribution < -0.4 is 21.3 Å². The fourth-order valence-electron chi connectivity index (χ4n) is 3.54. The van der Waals surface area contributed by atoms with Crippen LogP contribution in [0.4, 0.5) is 14.5 Å². The summed E-state index contributed by atoms with van der Waals surface area (Å²) in [5.74, 6) is -5.54. The van der Waals surface area contributed by atoms with E-state index in [9.17, 15) is 33.4 Å². The van der Waals surface area contributed by atoms with Crippen molar-refractivity contribution in [2.75, 3.05) is 31.6 Å². The normalized spacial score (nSPS) is 14.8. The van der Waals surface area contributed by atoms with E-state index < -0.39 is 49.4 Å². The van der Waals surface area contributed by atoms with E-state index in [1.807, 2.05) is 0 Å². The second-order valence-electron chi connectivity index (χ2n) is 8.41. The number of esters is 1. The van der Waals surface area contributed by atoms with E-state index in [2.05, 4.69) is 42.2 Å². The van der Waals surface area contributed by atoms with E-state index in [1.165, 1.54) is 24.3 Å². The first-order valence-electron chi connectivity index (χ1n) is 11.5. The minimum Gasteiger partial charge on any atom is -0.508 e. The number of nitrogens with zero attached hydrogens (tertiary/aromatic N) is 1. The van der Waals surface area contributed by atoms with Gasteiger partial charge in [0, 0.05) is 27.9 Å². The van der Waals surface area contributed by atoms with Gasteiger partial charge in [0.1, 0.15) is 18.0 Å². The number of aromatic hydroxyl groups is 2. The van der Waals surface area contributed by atoms with Gasteiger partial charge in [-0.25, -0.2) is 13.8 Å². The molecule has 1 atom stereocenters. The number of ether oxygens (including phenoxy) is 1. The summed E-state index contributed by atoms with van der Waals surface area (Å²) >= 11 is 9.23. The number of amides is 2. The molecule has 6 N–H and O–H groups in total. The molecule has 39 heavy (non-hydrogen) atoms. The molecule has 210 valence electrons. The van der Waals surface area contributed by atoms with Crippen LogP contribution in [0.3, 0.4) is 0 Å². The Kier molecular flexibility index (Phi) is 9.92. The minimum absolute atomic E-state index is 0.0356. The van der Waals surface area contributed by atoms with Gasteiger partial charge in [0.25, 0.3) is 11.8 Å². The lowest BCUT2D eigenvalue weighted by molar-refractivity contribution is -0.143. The van der Waals surface area contributed by atoms with Crippen molar-refractivity contribution in [1.82, 2.24) is 16.0 Å². The number of phenolic OH excluding ortho intramolecular Hbond substituents is 2. The van der Waals surface area contributed by atoms with E-state index in [0.29, 0.717) is 0 Å². The minimum atomic E-state index is -2.98. The Balaban J connectivity index is 1.67. The number of anilines is 1. The van der Waals surface area contributed by atoms with E-state index in [4.69, 9.17) is 16.3 Å². The van der Waals surface area contributed by atoms with Gasteiger partial charge in [0.2, 0.25) is 5.91 Å². The Morgan fingerprint density at radius 2 is 1.97 bits per heavy atom. The van der Waals surface area contributed by atoms with Crippen molar-refractivity contribution in [1.29, 1.82) is 0 Å². The lowest BCUT2D eigenvalue weighted by atomic mass is 10.0. The molecule has 2 aromatic carbocycles. The molecular formula is C24H25BrClF2N5O6. The zero-order valence-corrected chi connectivity index (χ0v) is 22.8. The van der Waals surface area contributed by atoms with Gasteiger partial charge < -0.3 is 36.2 Å². The summed E-state index contributed by atoms with van der Waals surface area (Å²) in [6.45, 7) is -0.139. The van der Waals surface area contributed by atoms with Gasteiger partial charge in [-0.2, -0.15) is 0 Å². The smallest absolute Gasteiger partial charge is 0.308 e. The van der Waals surface area contributed by atoms with Crippen molar-refractivity contribution in [2.24, 2.45) is 4.99 Å². The summed E-state index contributed by atoms with van der Waals surface area (Å²) < 4.78 is 31.7. The van der Waals surface area contributed by atoms with Crippen LogP contribution in [0.5, 0.6) is 11.5 Å². The number of phenols is 2. The summed E-state index contributed by atoms with van der Waals surface area (Å²) in [4.78, 5) is 41.2. The van der Waals surface area contributed by atoms with Gasteiger partial charge >= 0.3 is 5.97 Å². The van der Waals surface area contributed by atoms with Crippen LogP contribution in [0, 0.1) is 0 Å². The highest BCUT2D eigenvalue weighted by Crippen LogP contribution is 2.36. The number of carbonyl (C=O) groups excluding carboxylic acids is 3. The maximum absolute atomic E-state index is 13.3. The van der Waals surface area contributed by atoms with Crippen molar-refractivity contribution < 1.29 is 38.1 Å². The van der Waals surface area contributed by atoms with Crippen LogP contribution in [0.25, 0.3) is 0 Å². The SMILES string of the molecule is CCOC(=O)C[C@@H](NC(=O)CNC(=O)c1cc(O)cc(NC2=NCC(F)(F)CN2)c1)c1cc(Cl)cc(Br)c1O. The number of hydrogen-bond donors (Lipinski definition) is 6. The van der Waals surface area contributed by atoms with E-state index in [1.54, 1.807) is 6.92 Å². The number of nitrogens with one attached hydrogen (secondary N) is 4. The van der Waals surface area contributed by atoms with Crippen molar-refractivity contribution in [2.45, 2.75) is 25.3 Å². The average molecular weight is 633 g/mol. The maximum Gasteiger partial charge on any atom is 0.308 e. The Hall–Kier alpha value is -3.65. The van der Waals surface area contributed by atoms with Gasteiger partial charge in [0.05, 0.1) is 36.6 Å². The average Bonchev–Trinajstić information content (AvgIpc) is 2.85. The van der Waals surface area contributed by atoms with Crippen LogP contribution in [0.2, 0.25) is 5.02 Å². The van der Waals surface area contributed by atoms with Crippen LogP contribution in [0.1, 0.15) is 35.3 Å². The van der Waals surface area contributed by atoms with Gasteiger partial charge in [-0.3, -0.25) is 14.4 Å². The number of aliphatic imine (C=N–C) groups is 1. The van der Waals surface area contributed by atoms with E-state index in [0.717, 1.165) is 6.07 Å². The first-order chi connectivity index (χ1) is 18.4. The zero-order chi connectivity index (χ0) is 28.7. The summed E-state index contributed by atoms with van der Waals surface area (Å²) in [5.41, 5.74) is 0.312. The molecule has 0 bridgehead atoms. The van der Waals surface area contributed by atoms with Crippen molar-refractivity contribution in [3.63, 3.8) is 0 Å². The molecule has 0 aromatic heterocycles. The maximum atomic E-state index is 13.3. The lowest BCUT2D eigenvalue weighted by Crippen LogP contribution is -2.46. The number of rotatable bonds is 9. The number of carbonyl (C=O) groups is 3. The standard InChI is InChI=1S/C24H25BrClF2N5O6/c1-2-39-20(36)8-18(16-5-13(26)6-17(25)21(16)37)33-19(35)9-29-22(38)12-3-14(7-15(34)4-12)32-23-30-10-24(27,28)11-31-23/h3-7,18,34,37H,2,8-11H2,1H3,(H,29,38)(H,33,35)(H2,30,31,32)/t18-/m1/s1. The summed E-state index contributed by atoms with van der Waals surface area (Å²) in [5, 5.41) is 30.8. The van der Waals surface area contributed by atoms with Gasteiger partial charge in [0.15, 0.2) is 5.96 Å². The first kappa shape index (κ1) is 29.9. The number of alkyl halides is 2.